The molecule has 1 saturated carbocycles. The van der Waals surface area contributed by atoms with Crippen LogP contribution >= 0.6 is 12.6 Å². The van der Waals surface area contributed by atoms with E-state index in [-0.39, 0.29) is 24.2 Å². The summed E-state index contributed by atoms with van der Waals surface area (Å²) in [6, 6.07) is 14.0. The van der Waals surface area contributed by atoms with Crippen LogP contribution in [0.25, 0.3) is 11.1 Å². The first-order chi connectivity index (χ1) is 13.9. The third-order valence-electron chi connectivity index (χ3n) is 6.20. The zero-order valence-electron chi connectivity index (χ0n) is 16.2. The summed E-state index contributed by atoms with van der Waals surface area (Å²) in [5.41, 5.74) is 2.04. The van der Waals surface area contributed by atoms with Gasteiger partial charge in [-0.2, -0.15) is 5.26 Å². The summed E-state index contributed by atoms with van der Waals surface area (Å²) < 4.78 is 14.7. The first-order valence-electron chi connectivity index (χ1n) is 9.98. The van der Waals surface area contributed by atoms with Gasteiger partial charge in [0.05, 0.1) is 12.1 Å². The van der Waals surface area contributed by atoms with Crippen molar-refractivity contribution in [2.24, 2.45) is 11.8 Å². The molecule has 1 aliphatic heterocycles. The maximum Gasteiger partial charge on any atom is 0.238 e. The van der Waals surface area contributed by atoms with E-state index < -0.39 is 6.04 Å². The minimum atomic E-state index is -0.764. The van der Waals surface area contributed by atoms with Gasteiger partial charge >= 0.3 is 0 Å². The lowest BCUT2D eigenvalue weighted by Crippen LogP contribution is -2.52. The van der Waals surface area contributed by atoms with Gasteiger partial charge in [0.25, 0.3) is 0 Å². The Kier molecular flexibility index (Phi) is 5.62. The van der Waals surface area contributed by atoms with Crippen molar-refractivity contribution in [1.82, 2.24) is 10.6 Å². The maximum absolute atomic E-state index is 14.7. The Balaban J connectivity index is 1.43. The molecule has 2 N–H and O–H groups in total. The Morgan fingerprint density at radius 1 is 1.31 bits per heavy atom. The van der Waals surface area contributed by atoms with E-state index in [4.69, 9.17) is 0 Å². The normalized spacial score (nSPS) is 26.1. The molecule has 1 saturated heterocycles. The van der Waals surface area contributed by atoms with Crippen molar-refractivity contribution in [2.45, 2.75) is 49.2 Å². The lowest BCUT2D eigenvalue weighted by molar-refractivity contribution is -0.124. The number of piperidine rings is 1. The predicted octanol–water partition coefficient (Wildman–Crippen LogP) is 3.72. The molecule has 2 bridgehead atoms. The molecule has 2 fully saturated rings. The predicted molar refractivity (Wildman–Crippen MR) is 113 cm³/mol. The van der Waals surface area contributed by atoms with E-state index in [0.717, 1.165) is 28.9 Å². The zero-order chi connectivity index (χ0) is 20.5. The number of carbonyl (C=O) groups excluding carboxylic acids is 1. The number of benzene rings is 2. The Bertz CT molecular complexity index is 973. The largest absolute Gasteiger partial charge is 0.339 e. The number of rotatable bonds is 5. The van der Waals surface area contributed by atoms with Crippen molar-refractivity contribution in [3.8, 4) is 17.2 Å². The van der Waals surface area contributed by atoms with Crippen molar-refractivity contribution in [3.63, 3.8) is 0 Å². The molecule has 4 rings (SSSR count). The van der Waals surface area contributed by atoms with E-state index in [0.29, 0.717) is 23.4 Å². The molecule has 0 spiro atoms. The molecular weight excluding hydrogens is 385 g/mol. The molecule has 2 aromatic carbocycles. The highest BCUT2D eigenvalue weighted by Crippen LogP contribution is 2.40. The van der Waals surface area contributed by atoms with Gasteiger partial charge in [0.15, 0.2) is 0 Å². The molecule has 5 atom stereocenters. The van der Waals surface area contributed by atoms with Crippen LogP contribution in [-0.2, 0) is 11.2 Å². The maximum atomic E-state index is 14.7. The van der Waals surface area contributed by atoms with Gasteiger partial charge in [0.1, 0.15) is 11.9 Å². The third-order valence-corrected chi connectivity index (χ3v) is 6.48. The fourth-order valence-corrected chi connectivity index (χ4v) is 4.94. The fourth-order valence-electron chi connectivity index (χ4n) is 4.72. The van der Waals surface area contributed by atoms with Crippen LogP contribution < -0.4 is 10.6 Å². The molecule has 4 nitrogen and oxygen atoms in total. The minimum Gasteiger partial charge on any atom is -0.339 e. The smallest absolute Gasteiger partial charge is 0.238 e. The van der Waals surface area contributed by atoms with Crippen LogP contribution in [0.4, 0.5) is 4.39 Å². The van der Waals surface area contributed by atoms with Gasteiger partial charge < -0.3 is 10.6 Å². The standard InChI is InChI=1S/C23H24FN3OS/c1-13-7-17-11-20(13)22(26-17)23(28)27-18(12-25)8-16-6-5-15(10-21(16)24)14-3-2-4-19(29)9-14/h2-6,9-10,13,17-18,20,22,26,29H,7-8,11H2,1H3,(H,27,28)/t13?,17?,18-,20?,22?/m0/s1. The summed E-state index contributed by atoms with van der Waals surface area (Å²) in [5.74, 6) is 0.294. The number of halogens is 1. The van der Waals surface area contributed by atoms with Crippen LogP contribution in [-0.4, -0.2) is 24.0 Å². The van der Waals surface area contributed by atoms with Crippen LogP contribution in [0.3, 0.4) is 0 Å². The Hall–Kier alpha value is -2.36. The van der Waals surface area contributed by atoms with Gasteiger partial charge in [0.2, 0.25) is 5.91 Å². The molecule has 2 aliphatic rings. The first-order valence-corrected chi connectivity index (χ1v) is 10.4. The second-order valence-electron chi connectivity index (χ2n) is 8.20. The molecule has 1 amide bonds. The van der Waals surface area contributed by atoms with Gasteiger partial charge in [-0.25, -0.2) is 4.39 Å². The quantitative estimate of drug-likeness (QED) is 0.660. The monoisotopic (exact) mass is 409 g/mol. The van der Waals surface area contributed by atoms with E-state index in [2.05, 4.69) is 36.3 Å². The Morgan fingerprint density at radius 2 is 2.10 bits per heavy atom. The van der Waals surface area contributed by atoms with Crippen LogP contribution in [0, 0.1) is 29.0 Å². The molecule has 150 valence electrons. The SMILES string of the molecule is CC1CC2CC1C(C(=O)N[C@H](C#N)Cc1ccc(-c3cccc(S)c3)cc1F)N2. The van der Waals surface area contributed by atoms with Gasteiger partial charge in [-0.3, -0.25) is 4.79 Å². The topological polar surface area (TPSA) is 64.9 Å². The van der Waals surface area contributed by atoms with E-state index >= 15 is 0 Å². The van der Waals surface area contributed by atoms with Gasteiger partial charge in [-0.05, 0) is 59.6 Å². The van der Waals surface area contributed by atoms with Crippen molar-refractivity contribution < 1.29 is 9.18 Å². The molecule has 29 heavy (non-hydrogen) atoms. The number of hydrogen-bond acceptors (Lipinski definition) is 4. The highest BCUT2D eigenvalue weighted by Gasteiger charge is 2.47. The highest BCUT2D eigenvalue weighted by molar-refractivity contribution is 7.80. The lowest BCUT2D eigenvalue weighted by atomic mass is 9.89. The minimum absolute atomic E-state index is 0.136. The molecular formula is C23H24FN3OS. The summed E-state index contributed by atoms with van der Waals surface area (Å²) >= 11 is 4.32. The summed E-state index contributed by atoms with van der Waals surface area (Å²) in [7, 11) is 0. The number of nitrogens with one attached hydrogen (secondary N) is 2. The first kappa shape index (κ1) is 19.9. The molecule has 6 heteroatoms. The molecule has 4 unspecified atom stereocenters. The number of carbonyl (C=O) groups is 1. The highest BCUT2D eigenvalue weighted by atomic mass is 32.1. The Morgan fingerprint density at radius 3 is 2.76 bits per heavy atom. The van der Waals surface area contributed by atoms with Gasteiger partial charge in [0, 0.05) is 17.4 Å². The van der Waals surface area contributed by atoms with Crippen LogP contribution in [0.2, 0.25) is 0 Å². The fraction of sp³-hybridized carbons (Fsp3) is 0.391. The van der Waals surface area contributed by atoms with Crippen molar-refractivity contribution in [2.75, 3.05) is 0 Å². The van der Waals surface area contributed by atoms with Crippen LogP contribution in [0.15, 0.2) is 47.4 Å². The third kappa shape index (κ3) is 4.17. The van der Waals surface area contributed by atoms with E-state index in [9.17, 15) is 14.4 Å². The average Bonchev–Trinajstić information content (AvgIpc) is 3.28. The van der Waals surface area contributed by atoms with Crippen molar-refractivity contribution >= 4 is 18.5 Å². The number of amides is 1. The Labute approximate surface area is 175 Å². The number of nitrogens with zero attached hydrogens (tertiary/aromatic N) is 1. The average molecular weight is 410 g/mol. The number of nitriles is 1. The van der Waals surface area contributed by atoms with Crippen molar-refractivity contribution in [3.05, 3.63) is 53.8 Å². The summed E-state index contributed by atoms with van der Waals surface area (Å²) in [6.07, 6.45) is 2.25. The number of fused-ring (bicyclic) bond motifs is 2. The van der Waals surface area contributed by atoms with Gasteiger partial charge in [-0.15, -0.1) is 12.6 Å². The zero-order valence-corrected chi connectivity index (χ0v) is 17.1. The summed E-state index contributed by atoms with van der Waals surface area (Å²) in [5, 5.41) is 15.7. The number of hydrogen-bond donors (Lipinski definition) is 3. The van der Waals surface area contributed by atoms with E-state index in [1.54, 1.807) is 6.07 Å². The molecule has 1 heterocycles. The van der Waals surface area contributed by atoms with E-state index in [1.165, 1.54) is 6.07 Å². The van der Waals surface area contributed by atoms with Gasteiger partial charge in [-0.1, -0.05) is 31.2 Å². The van der Waals surface area contributed by atoms with Crippen molar-refractivity contribution in [1.29, 1.82) is 5.26 Å². The second-order valence-corrected chi connectivity index (χ2v) is 8.72. The number of thiol groups is 1. The van der Waals surface area contributed by atoms with Crippen LogP contribution in [0.5, 0.6) is 0 Å². The molecule has 0 radical (unpaired) electrons. The molecule has 1 aliphatic carbocycles. The lowest BCUT2D eigenvalue weighted by Gasteiger charge is -2.28. The molecule has 2 aromatic rings. The molecule has 0 aromatic heterocycles. The summed E-state index contributed by atoms with van der Waals surface area (Å²) in [4.78, 5) is 13.5. The van der Waals surface area contributed by atoms with Crippen LogP contribution in [0.1, 0.15) is 25.3 Å². The second kappa shape index (κ2) is 8.17. The van der Waals surface area contributed by atoms with E-state index in [1.807, 2.05) is 30.3 Å². The summed E-state index contributed by atoms with van der Waals surface area (Å²) in [6.45, 7) is 2.17.